The summed E-state index contributed by atoms with van der Waals surface area (Å²) in [7, 11) is 0. The second kappa shape index (κ2) is 3.38. The van der Waals surface area contributed by atoms with Gasteiger partial charge in [0.2, 0.25) is 5.56 Å². The average Bonchev–Trinajstić information content (AvgIpc) is 2.18. The summed E-state index contributed by atoms with van der Waals surface area (Å²) in [6.45, 7) is 0. The highest BCUT2D eigenvalue weighted by Crippen LogP contribution is 2.22. The summed E-state index contributed by atoms with van der Waals surface area (Å²) in [6, 6.07) is 6.71. The molecule has 1 heterocycles. The van der Waals surface area contributed by atoms with Gasteiger partial charge >= 0.3 is 0 Å². The number of aldehydes is 1. The molecule has 2 aromatic rings. The first-order chi connectivity index (χ1) is 6.72. The molecule has 0 aliphatic carbocycles. The van der Waals surface area contributed by atoms with E-state index < -0.39 is 0 Å². The summed E-state index contributed by atoms with van der Waals surface area (Å²) >= 11 is 3.31. The molecule has 1 aromatic heterocycles. The minimum atomic E-state index is -0.272. The molecule has 1 N–H and O–H groups in total. The van der Waals surface area contributed by atoms with Crippen LogP contribution in [-0.2, 0) is 0 Å². The molecular formula is C10H6BrNO2. The quantitative estimate of drug-likeness (QED) is 0.790. The maximum absolute atomic E-state index is 11.2. The molecule has 3 nitrogen and oxygen atoms in total. The lowest BCUT2D eigenvalue weighted by Gasteiger charge is -2.01. The van der Waals surface area contributed by atoms with Crippen LogP contribution in [0.5, 0.6) is 0 Å². The number of pyridine rings is 1. The van der Waals surface area contributed by atoms with Crippen molar-refractivity contribution >= 4 is 33.1 Å². The zero-order valence-electron chi connectivity index (χ0n) is 7.08. The fourth-order valence-corrected chi connectivity index (χ4v) is 1.83. The number of carbonyl (C=O) groups is 1. The first-order valence-corrected chi connectivity index (χ1v) is 4.78. The predicted molar refractivity (Wildman–Crippen MR) is 57.7 cm³/mol. The zero-order valence-corrected chi connectivity index (χ0v) is 8.67. The number of aromatic amines is 1. The molecule has 4 heteroatoms. The van der Waals surface area contributed by atoms with Gasteiger partial charge < -0.3 is 4.98 Å². The Hall–Kier alpha value is -1.42. The molecule has 0 unspecified atom stereocenters. The van der Waals surface area contributed by atoms with Crippen molar-refractivity contribution in [2.75, 3.05) is 0 Å². The summed E-state index contributed by atoms with van der Waals surface area (Å²) in [6.07, 6.45) is 0.685. The van der Waals surface area contributed by atoms with Crippen LogP contribution in [0.4, 0.5) is 0 Å². The first kappa shape index (κ1) is 9.15. The lowest BCUT2D eigenvalue weighted by molar-refractivity contribution is 0.112. The zero-order chi connectivity index (χ0) is 10.1. The molecule has 0 fully saturated rings. The summed E-state index contributed by atoms with van der Waals surface area (Å²) in [5.41, 5.74) is 0.790. The van der Waals surface area contributed by atoms with Crippen molar-refractivity contribution in [1.82, 2.24) is 4.98 Å². The average molecular weight is 252 g/mol. The topological polar surface area (TPSA) is 49.9 Å². The van der Waals surface area contributed by atoms with Crippen LogP contribution in [0.15, 0.2) is 33.5 Å². The largest absolute Gasteiger partial charge is 0.321 e. The number of fused-ring (bicyclic) bond motifs is 1. The third-order valence-corrected chi connectivity index (χ3v) is 2.65. The van der Waals surface area contributed by atoms with Gasteiger partial charge in [-0.25, -0.2) is 0 Å². The van der Waals surface area contributed by atoms with Crippen LogP contribution in [0.25, 0.3) is 10.9 Å². The molecule has 0 saturated carbocycles. The Morgan fingerprint density at radius 3 is 2.86 bits per heavy atom. The Bertz CT molecular complexity index is 560. The van der Waals surface area contributed by atoms with Gasteiger partial charge in [0.1, 0.15) is 0 Å². The van der Waals surface area contributed by atoms with Crippen molar-refractivity contribution in [2.45, 2.75) is 0 Å². The van der Waals surface area contributed by atoms with E-state index in [1.54, 1.807) is 6.07 Å². The molecule has 0 spiro atoms. The van der Waals surface area contributed by atoms with Gasteiger partial charge in [-0.05, 0) is 22.0 Å². The molecule has 0 aliphatic rings. The third kappa shape index (κ3) is 1.37. The number of rotatable bonds is 1. The summed E-state index contributed by atoms with van der Waals surface area (Å²) in [4.78, 5) is 24.6. The number of hydrogen-bond acceptors (Lipinski definition) is 2. The number of para-hydroxylation sites is 1. The summed E-state index contributed by atoms with van der Waals surface area (Å²) in [5, 5.41) is 0.744. The Morgan fingerprint density at radius 1 is 1.36 bits per heavy atom. The molecule has 0 bridgehead atoms. The van der Waals surface area contributed by atoms with E-state index in [0.29, 0.717) is 17.4 Å². The van der Waals surface area contributed by atoms with E-state index in [9.17, 15) is 9.59 Å². The standard InChI is InChI=1S/C10H6BrNO2/c11-8-3-1-2-7-6(5-13)4-9(14)12-10(7)8/h1-5H,(H,12,14). The predicted octanol–water partition coefficient (Wildman–Crippen LogP) is 2.10. The molecule has 0 amide bonds. The first-order valence-electron chi connectivity index (χ1n) is 3.99. The van der Waals surface area contributed by atoms with Crippen LogP contribution >= 0.6 is 15.9 Å². The number of carbonyl (C=O) groups excluding carboxylic acids is 1. The van der Waals surface area contributed by atoms with Crippen LogP contribution in [0.1, 0.15) is 10.4 Å². The lowest BCUT2D eigenvalue weighted by Crippen LogP contribution is -2.06. The second-order valence-electron chi connectivity index (χ2n) is 2.87. The van der Waals surface area contributed by atoms with Crippen molar-refractivity contribution in [1.29, 1.82) is 0 Å². The maximum Gasteiger partial charge on any atom is 0.249 e. The molecule has 14 heavy (non-hydrogen) atoms. The number of H-pyrrole nitrogens is 1. The van der Waals surface area contributed by atoms with Crippen molar-refractivity contribution < 1.29 is 4.79 Å². The van der Waals surface area contributed by atoms with Crippen molar-refractivity contribution in [3.63, 3.8) is 0 Å². The molecule has 2 rings (SSSR count). The Kier molecular flexibility index (Phi) is 2.21. The highest BCUT2D eigenvalue weighted by Gasteiger charge is 2.04. The van der Waals surface area contributed by atoms with E-state index in [2.05, 4.69) is 20.9 Å². The number of halogens is 1. The number of nitrogens with one attached hydrogen (secondary N) is 1. The number of benzene rings is 1. The van der Waals surface area contributed by atoms with Gasteiger partial charge in [0.05, 0.1) is 5.52 Å². The lowest BCUT2D eigenvalue weighted by atomic mass is 10.1. The van der Waals surface area contributed by atoms with Crippen molar-refractivity contribution in [3.8, 4) is 0 Å². The Morgan fingerprint density at radius 2 is 2.14 bits per heavy atom. The Balaban J connectivity index is 3.02. The molecule has 1 aromatic carbocycles. The van der Waals surface area contributed by atoms with Gasteiger partial charge in [0.25, 0.3) is 0 Å². The van der Waals surface area contributed by atoms with Crippen LogP contribution in [0.2, 0.25) is 0 Å². The molecule has 0 saturated heterocycles. The van der Waals surface area contributed by atoms with Crippen LogP contribution in [-0.4, -0.2) is 11.3 Å². The number of aromatic nitrogens is 1. The minimum Gasteiger partial charge on any atom is -0.321 e. The van der Waals surface area contributed by atoms with Gasteiger partial charge in [-0.15, -0.1) is 0 Å². The van der Waals surface area contributed by atoms with Gasteiger partial charge in [-0.3, -0.25) is 9.59 Å². The highest BCUT2D eigenvalue weighted by molar-refractivity contribution is 9.10. The van der Waals surface area contributed by atoms with Crippen molar-refractivity contribution in [2.24, 2.45) is 0 Å². The highest BCUT2D eigenvalue weighted by atomic mass is 79.9. The van der Waals surface area contributed by atoms with Crippen LogP contribution in [0.3, 0.4) is 0 Å². The van der Waals surface area contributed by atoms with Gasteiger partial charge in [0.15, 0.2) is 6.29 Å². The second-order valence-corrected chi connectivity index (χ2v) is 3.72. The van der Waals surface area contributed by atoms with E-state index in [1.807, 2.05) is 12.1 Å². The SMILES string of the molecule is O=Cc1cc(=O)[nH]c2c(Br)cccc12. The smallest absolute Gasteiger partial charge is 0.249 e. The molecule has 0 aliphatic heterocycles. The normalized spacial score (nSPS) is 10.4. The van der Waals surface area contributed by atoms with E-state index in [4.69, 9.17) is 0 Å². The molecular weight excluding hydrogens is 246 g/mol. The van der Waals surface area contributed by atoms with Gasteiger partial charge in [-0.2, -0.15) is 0 Å². The fourth-order valence-electron chi connectivity index (χ4n) is 1.37. The third-order valence-electron chi connectivity index (χ3n) is 1.99. The molecule has 0 atom stereocenters. The van der Waals surface area contributed by atoms with Gasteiger partial charge in [-0.1, -0.05) is 12.1 Å². The monoisotopic (exact) mass is 251 g/mol. The molecule has 70 valence electrons. The Labute approximate surface area is 87.9 Å². The van der Waals surface area contributed by atoms with E-state index >= 15 is 0 Å². The van der Waals surface area contributed by atoms with E-state index in [0.717, 1.165) is 9.86 Å². The molecule has 0 radical (unpaired) electrons. The van der Waals surface area contributed by atoms with E-state index in [-0.39, 0.29) is 5.56 Å². The van der Waals surface area contributed by atoms with Crippen LogP contribution in [0, 0.1) is 0 Å². The maximum atomic E-state index is 11.2. The van der Waals surface area contributed by atoms with Crippen molar-refractivity contribution in [3.05, 3.63) is 44.7 Å². The summed E-state index contributed by atoms with van der Waals surface area (Å²) in [5.74, 6) is 0. The number of hydrogen-bond donors (Lipinski definition) is 1. The van der Waals surface area contributed by atoms with E-state index in [1.165, 1.54) is 6.07 Å². The van der Waals surface area contributed by atoms with Gasteiger partial charge in [0, 0.05) is 21.5 Å². The van der Waals surface area contributed by atoms with Crippen LogP contribution < -0.4 is 5.56 Å². The minimum absolute atomic E-state index is 0.272. The summed E-state index contributed by atoms with van der Waals surface area (Å²) < 4.78 is 0.774. The fraction of sp³-hybridized carbons (Fsp3) is 0.